The molecule has 1 aromatic heterocycles. The van der Waals surface area contributed by atoms with Crippen LogP contribution in [0.4, 0.5) is 11.5 Å². The monoisotopic (exact) mass is 268 g/mol. The predicted octanol–water partition coefficient (Wildman–Crippen LogP) is 2.06. The second-order valence-electron chi connectivity index (χ2n) is 4.68. The van der Waals surface area contributed by atoms with Crippen molar-refractivity contribution in [3.8, 4) is 5.88 Å². The Morgan fingerprint density at radius 3 is 2.63 bits per heavy atom. The SMILES string of the molecule is CCOc1nc(COC)nc(NCCC(C)C)c1N. The molecule has 0 radical (unpaired) electrons. The summed E-state index contributed by atoms with van der Waals surface area (Å²) in [6, 6.07) is 0. The Kier molecular flexibility index (Phi) is 6.35. The second-order valence-corrected chi connectivity index (χ2v) is 4.68. The van der Waals surface area contributed by atoms with Gasteiger partial charge in [-0.15, -0.1) is 0 Å². The molecular formula is C13H24N4O2. The van der Waals surface area contributed by atoms with Crippen LogP contribution in [0.1, 0.15) is 33.0 Å². The Morgan fingerprint density at radius 2 is 2.05 bits per heavy atom. The van der Waals surface area contributed by atoms with E-state index in [0.717, 1.165) is 13.0 Å². The maximum atomic E-state index is 6.00. The van der Waals surface area contributed by atoms with Gasteiger partial charge in [0, 0.05) is 13.7 Å². The lowest BCUT2D eigenvalue weighted by Gasteiger charge is -2.14. The van der Waals surface area contributed by atoms with Crippen LogP contribution in [0.25, 0.3) is 0 Å². The molecule has 0 saturated heterocycles. The summed E-state index contributed by atoms with van der Waals surface area (Å²) in [7, 11) is 1.60. The van der Waals surface area contributed by atoms with E-state index in [0.29, 0.717) is 42.3 Å². The van der Waals surface area contributed by atoms with E-state index in [1.165, 1.54) is 0 Å². The molecule has 6 heteroatoms. The Balaban J connectivity index is 2.86. The molecule has 1 aromatic rings. The summed E-state index contributed by atoms with van der Waals surface area (Å²) in [5.74, 6) is 2.22. The number of rotatable bonds is 8. The number of hydrogen-bond donors (Lipinski definition) is 2. The third-order valence-corrected chi connectivity index (χ3v) is 2.53. The van der Waals surface area contributed by atoms with Gasteiger partial charge in [-0.1, -0.05) is 13.8 Å². The molecule has 0 fully saturated rings. The minimum absolute atomic E-state index is 0.333. The topological polar surface area (TPSA) is 82.3 Å². The quantitative estimate of drug-likeness (QED) is 0.751. The number of hydrogen-bond acceptors (Lipinski definition) is 6. The summed E-state index contributed by atoms with van der Waals surface area (Å²) in [6.07, 6.45) is 1.05. The number of anilines is 2. The van der Waals surface area contributed by atoms with Crippen LogP contribution in [0.15, 0.2) is 0 Å². The minimum atomic E-state index is 0.333. The van der Waals surface area contributed by atoms with Crippen LogP contribution in [0, 0.1) is 5.92 Å². The first kappa shape index (κ1) is 15.5. The van der Waals surface area contributed by atoms with Crippen molar-refractivity contribution >= 4 is 11.5 Å². The van der Waals surface area contributed by atoms with E-state index in [1.807, 2.05) is 6.92 Å². The number of aromatic nitrogens is 2. The van der Waals surface area contributed by atoms with Crippen LogP contribution in [0.5, 0.6) is 5.88 Å². The van der Waals surface area contributed by atoms with Crippen molar-refractivity contribution in [2.24, 2.45) is 5.92 Å². The molecule has 0 spiro atoms. The van der Waals surface area contributed by atoms with Gasteiger partial charge in [0.25, 0.3) is 0 Å². The summed E-state index contributed by atoms with van der Waals surface area (Å²) >= 11 is 0. The fourth-order valence-corrected chi connectivity index (χ4v) is 1.55. The molecule has 0 unspecified atom stereocenters. The van der Waals surface area contributed by atoms with Crippen LogP contribution < -0.4 is 15.8 Å². The first-order chi connectivity index (χ1) is 9.08. The normalized spacial score (nSPS) is 10.8. The standard InChI is InChI=1S/C13H24N4O2/c1-5-19-13-11(14)12(15-7-6-9(2)3)16-10(17-13)8-18-4/h9H,5-8,14H2,1-4H3,(H,15,16,17). The summed E-state index contributed by atoms with van der Waals surface area (Å²) in [5.41, 5.74) is 6.45. The van der Waals surface area contributed by atoms with E-state index in [1.54, 1.807) is 7.11 Å². The predicted molar refractivity (Wildman–Crippen MR) is 76.3 cm³/mol. The van der Waals surface area contributed by atoms with Crippen molar-refractivity contribution in [1.82, 2.24) is 9.97 Å². The van der Waals surface area contributed by atoms with E-state index in [4.69, 9.17) is 15.2 Å². The molecule has 0 aliphatic rings. The minimum Gasteiger partial charge on any atom is -0.476 e. The Morgan fingerprint density at radius 1 is 1.32 bits per heavy atom. The molecule has 0 aliphatic carbocycles. The summed E-state index contributed by atoms with van der Waals surface area (Å²) < 4.78 is 10.5. The number of nitrogen functional groups attached to an aromatic ring is 1. The molecule has 0 atom stereocenters. The van der Waals surface area contributed by atoms with E-state index in [-0.39, 0.29) is 0 Å². The van der Waals surface area contributed by atoms with Gasteiger partial charge in [0.2, 0.25) is 5.88 Å². The third-order valence-electron chi connectivity index (χ3n) is 2.53. The summed E-state index contributed by atoms with van der Waals surface area (Å²) in [4.78, 5) is 8.58. The molecule has 0 amide bonds. The lowest BCUT2D eigenvalue weighted by atomic mass is 10.1. The molecular weight excluding hydrogens is 244 g/mol. The summed E-state index contributed by atoms with van der Waals surface area (Å²) in [6.45, 7) is 7.90. The number of methoxy groups -OCH3 is 1. The highest BCUT2D eigenvalue weighted by atomic mass is 16.5. The zero-order valence-corrected chi connectivity index (χ0v) is 12.2. The highest BCUT2D eigenvalue weighted by molar-refractivity contribution is 5.66. The molecule has 0 saturated carbocycles. The fraction of sp³-hybridized carbons (Fsp3) is 0.692. The molecule has 3 N–H and O–H groups in total. The van der Waals surface area contributed by atoms with E-state index in [2.05, 4.69) is 29.1 Å². The van der Waals surface area contributed by atoms with Gasteiger partial charge in [-0.2, -0.15) is 4.98 Å². The maximum Gasteiger partial charge on any atom is 0.242 e. The number of nitrogens with two attached hydrogens (primary N) is 1. The van der Waals surface area contributed by atoms with Gasteiger partial charge in [-0.05, 0) is 19.3 Å². The van der Waals surface area contributed by atoms with Crippen LogP contribution in [-0.2, 0) is 11.3 Å². The third kappa shape index (κ3) is 4.90. The van der Waals surface area contributed by atoms with E-state index in [9.17, 15) is 0 Å². The van der Waals surface area contributed by atoms with E-state index >= 15 is 0 Å². The van der Waals surface area contributed by atoms with Crippen LogP contribution in [-0.4, -0.2) is 30.2 Å². The van der Waals surface area contributed by atoms with Gasteiger partial charge in [0.15, 0.2) is 11.6 Å². The van der Waals surface area contributed by atoms with Crippen molar-refractivity contribution in [1.29, 1.82) is 0 Å². The first-order valence-corrected chi connectivity index (χ1v) is 6.60. The van der Waals surface area contributed by atoms with Gasteiger partial charge >= 0.3 is 0 Å². The molecule has 1 heterocycles. The molecule has 0 aliphatic heterocycles. The largest absolute Gasteiger partial charge is 0.476 e. The van der Waals surface area contributed by atoms with E-state index < -0.39 is 0 Å². The van der Waals surface area contributed by atoms with Crippen LogP contribution in [0.2, 0.25) is 0 Å². The molecule has 0 aromatic carbocycles. The lowest BCUT2D eigenvalue weighted by Crippen LogP contribution is -2.13. The van der Waals surface area contributed by atoms with Crippen molar-refractivity contribution < 1.29 is 9.47 Å². The highest BCUT2D eigenvalue weighted by Crippen LogP contribution is 2.26. The smallest absolute Gasteiger partial charge is 0.242 e. The molecule has 1 rings (SSSR count). The molecule has 19 heavy (non-hydrogen) atoms. The number of ether oxygens (including phenoxy) is 2. The average Bonchev–Trinajstić information content (AvgIpc) is 2.34. The Labute approximate surface area is 114 Å². The lowest BCUT2D eigenvalue weighted by molar-refractivity contribution is 0.176. The Hall–Kier alpha value is -1.56. The van der Waals surface area contributed by atoms with Crippen LogP contribution in [0.3, 0.4) is 0 Å². The first-order valence-electron chi connectivity index (χ1n) is 6.60. The van der Waals surface area contributed by atoms with Gasteiger partial charge in [-0.3, -0.25) is 0 Å². The van der Waals surface area contributed by atoms with Crippen LogP contribution >= 0.6 is 0 Å². The van der Waals surface area contributed by atoms with Crippen molar-refractivity contribution in [2.75, 3.05) is 31.3 Å². The maximum absolute atomic E-state index is 6.00. The van der Waals surface area contributed by atoms with Gasteiger partial charge < -0.3 is 20.5 Å². The van der Waals surface area contributed by atoms with Crippen molar-refractivity contribution in [3.63, 3.8) is 0 Å². The number of nitrogens with one attached hydrogen (secondary N) is 1. The molecule has 108 valence electrons. The molecule has 6 nitrogen and oxygen atoms in total. The van der Waals surface area contributed by atoms with Gasteiger partial charge in [0.1, 0.15) is 12.3 Å². The summed E-state index contributed by atoms with van der Waals surface area (Å²) in [5, 5.41) is 3.23. The number of nitrogens with zero attached hydrogens (tertiary/aromatic N) is 2. The highest BCUT2D eigenvalue weighted by Gasteiger charge is 2.12. The zero-order chi connectivity index (χ0) is 14.3. The zero-order valence-electron chi connectivity index (χ0n) is 12.2. The van der Waals surface area contributed by atoms with Gasteiger partial charge in [0.05, 0.1) is 6.61 Å². The Bertz CT molecular complexity index is 396. The van der Waals surface area contributed by atoms with Crippen molar-refractivity contribution in [2.45, 2.75) is 33.8 Å². The second kappa shape index (κ2) is 7.78. The van der Waals surface area contributed by atoms with Gasteiger partial charge in [-0.25, -0.2) is 4.98 Å². The average molecular weight is 268 g/mol. The fourth-order valence-electron chi connectivity index (χ4n) is 1.55. The molecule has 0 bridgehead atoms. The van der Waals surface area contributed by atoms with Crippen molar-refractivity contribution in [3.05, 3.63) is 5.82 Å².